The molecule has 1 aromatic carbocycles. The quantitative estimate of drug-likeness (QED) is 0.782. The molecule has 1 unspecified atom stereocenters. The van der Waals surface area contributed by atoms with E-state index in [1.165, 1.54) is 0 Å². The molecule has 0 aliphatic rings. The number of benzene rings is 1. The Morgan fingerprint density at radius 2 is 2.11 bits per heavy atom. The highest BCUT2D eigenvalue weighted by molar-refractivity contribution is 6.35. The van der Waals surface area contributed by atoms with Crippen molar-refractivity contribution in [1.29, 1.82) is 0 Å². The van der Waals surface area contributed by atoms with Gasteiger partial charge in [-0.2, -0.15) is 0 Å². The van der Waals surface area contributed by atoms with E-state index in [0.717, 1.165) is 16.9 Å². The molecule has 19 heavy (non-hydrogen) atoms. The van der Waals surface area contributed by atoms with E-state index in [4.69, 9.17) is 27.9 Å². The van der Waals surface area contributed by atoms with Crippen molar-refractivity contribution in [3.05, 3.63) is 29.0 Å². The molecule has 0 aliphatic carbocycles. The Morgan fingerprint density at radius 1 is 1.42 bits per heavy atom. The third kappa shape index (κ3) is 2.88. The molecule has 1 heterocycles. The summed E-state index contributed by atoms with van der Waals surface area (Å²) in [6.45, 7) is 6.61. The van der Waals surface area contributed by atoms with E-state index in [9.17, 15) is 0 Å². The molecule has 5 heteroatoms. The number of ether oxygens (including phenoxy) is 1. The predicted molar refractivity (Wildman–Crippen MR) is 80.1 cm³/mol. The van der Waals surface area contributed by atoms with Gasteiger partial charge in [-0.25, -0.2) is 4.98 Å². The van der Waals surface area contributed by atoms with Gasteiger partial charge in [-0.15, -0.1) is 11.6 Å². The zero-order valence-electron chi connectivity index (χ0n) is 11.6. The Kier molecular flexibility index (Phi) is 4.09. The summed E-state index contributed by atoms with van der Waals surface area (Å²) in [7, 11) is 1.70. The van der Waals surface area contributed by atoms with Crippen LogP contribution >= 0.6 is 23.2 Å². The fraction of sp³-hybridized carbons (Fsp3) is 0.500. The molecule has 3 nitrogen and oxygen atoms in total. The minimum Gasteiger partial charge on any atom is -0.377 e. The standard InChI is InChI=1S/C14H18Cl2N2O/c1-9(15)13-17-11-7-5-6-10(16)12(11)18(13)8-14(2,3)19-4/h5-7,9H,8H2,1-4H3. The first kappa shape index (κ1) is 14.6. The van der Waals surface area contributed by atoms with Crippen LogP contribution in [0.15, 0.2) is 18.2 Å². The number of para-hydroxylation sites is 1. The first-order valence-electron chi connectivity index (χ1n) is 6.19. The second kappa shape index (κ2) is 5.31. The Bertz CT molecular complexity index is 590. The van der Waals surface area contributed by atoms with Gasteiger partial charge in [0.1, 0.15) is 5.82 Å². The molecule has 0 aliphatic heterocycles. The van der Waals surface area contributed by atoms with Gasteiger partial charge in [0.05, 0.1) is 33.6 Å². The molecule has 104 valence electrons. The monoisotopic (exact) mass is 300 g/mol. The summed E-state index contributed by atoms with van der Waals surface area (Å²) in [4.78, 5) is 4.58. The van der Waals surface area contributed by atoms with Crippen LogP contribution in [0.1, 0.15) is 32.0 Å². The number of methoxy groups -OCH3 is 1. The minimum absolute atomic E-state index is 0.184. The van der Waals surface area contributed by atoms with Crippen LogP contribution in [0, 0.1) is 0 Å². The van der Waals surface area contributed by atoms with Crippen molar-refractivity contribution in [2.75, 3.05) is 7.11 Å². The summed E-state index contributed by atoms with van der Waals surface area (Å²) in [5.74, 6) is 0.815. The summed E-state index contributed by atoms with van der Waals surface area (Å²) in [5, 5.41) is 0.497. The van der Waals surface area contributed by atoms with Crippen molar-refractivity contribution in [3.63, 3.8) is 0 Å². The normalized spacial score (nSPS) is 14.0. The SMILES string of the molecule is COC(C)(C)Cn1c(C(C)Cl)nc2cccc(Cl)c21. The van der Waals surface area contributed by atoms with Gasteiger partial charge in [0.15, 0.2) is 0 Å². The van der Waals surface area contributed by atoms with E-state index >= 15 is 0 Å². The van der Waals surface area contributed by atoms with Crippen molar-refractivity contribution in [2.24, 2.45) is 0 Å². The highest BCUT2D eigenvalue weighted by Crippen LogP contribution is 2.30. The lowest BCUT2D eigenvalue weighted by Gasteiger charge is -2.25. The molecule has 0 amide bonds. The van der Waals surface area contributed by atoms with Gasteiger partial charge in [0.25, 0.3) is 0 Å². The van der Waals surface area contributed by atoms with Gasteiger partial charge in [-0.05, 0) is 32.9 Å². The number of rotatable bonds is 4. The van der Waals surface area contributed by atoms with Crippen LogP contribution in [0.3, 0.4) is 0 Å². The maximum Gasteiger partial charge on any atom is 0.127 e. The van der Waals surface area contributed by atoms with Crippen molar-refractivity contribution >= 4 is 34.2 Å². The smallest absolute Gasteiger partial charge is 0.127 e. The lowest BCUT2D eigenvalue weighted by molar-refractivity contribution is 0.00843. The zero-order chi connectivity index (χ0) is 14.2. The van der Waals surface area contributed by atoms with Gasteiger partial charge in [0.2, 0.25) is 0 Å². The molecule has 0 saturated heterocycles. The molecule has 0 N–H and O–H groups in total. The average molecular weight is 301 g/mol. The number of alkyl halides is 1. The molecule has 0 bridgehead atoms. The molecular formula is C14H18Cl2N2O. The van der Waals surface area contributed by atoms with Crippen LogP contribution in [0.2, 0.25) is 5.02 Å². The summed E-state index contributed by atoms with van der Waals surface area (Å²) < 4.78 is 7.55. The zero-order valence-corrected chi connectivity index (χ0v) is 13.1. The van der Waals surface area contributed by atoms with E-state index in [-0.39, 0.29) is 11.0 Å². The molecule has 1 aromatic heterocycles. The first-order valence-corrected chi connectivity index (χ1v) is 7.01. The van der Waals surface area contributed by atoms with Crippen molar-refractivity contribution in [1.82, 2.24) is 9.55 Å². The minimum atomic E-state index is -0.312. The van der Waals surface area contributed by atoms with E-state index in [0.29, 0.717) is 11.6 Å². The summed E-state index contributed by atoms with van der Waals surface area (Å²) in [6, 6.07) is 5.71. The number of hydrogen-bond donors (Lipinski definition) is 0. The van der Waals surface area contributed by atoms with Gasteiger partial charge >= 0.3 is 0 Å². The molecule has 0 spiro atoms. The summed E-state index contributed by atoms with van der Waals surface area (Å²) in [5.41, 5.74) is 1.46. The molecule has 0 fully saturated rings. The third-order valence-corrected chi connectivity index (χ3v) is 3.69. The van der Waals surface area contributed by atoms with Gasteiger partial charge < -0.3 is 9.30 Å². The lowest BCUT2D eigenvalue weighted by Crippen LogP contribution is -2.30. The van der Waals surface area contributed by atoms with Crippen LogP contribution in [0.4, 0.5) is 0 Å². The second-order valence-corrected chi connectivity index (χ2v) is 6.31. The number of nitrogens with zero attached hydrogens (tertiary/aromatic N) is 2. The molecule has 0 radical (unpaired) electrons. The number of hydrogen-bond acceptors (Lipinski definition) is 2. The Hall–Kier alpha value is -0.770. The Balaban J connectivity index is 2.64. The van der Waals surface area contributed by atoms with Crippen LogP contribution in [-0.4, -0.2) is 22.3 Å². The van der Waals surface area contributed by atoms with E-state index in [1.807, 2.05) is 39.0 Å². The molecule has 2 aromatic rings. The Morgan fingerprint density at radius 3 is 2.68 bits per heavy atom. The fourth-order valence-corrected chi connectivity index (χ4v) is 2.51. The molecular weight excluding hydrogens is 283 g/mol. The van der Waals surface area contributed by atoms with Gasteiger partial charge in [0, 0.05) is 7.11 Å². The molecule has 2 rings (SSSR count). The highest BCUT2D eigenvalue weighted by atomic mass is 35.5. The number of halogens is 2. The number of aromatic nitrogens is 2. The Labute approximate surface area is 123 Å². The summed E-state index contributed by atoms with van der Waals surface area (Å²) in [6.07, 6.45) is 0. The molecule has 0 saturated carbocycles. The largest absolute Gasteiger partial charge is 0.377 e. The first-order chi connectivity index (χ1) is 8.85. The second-order valence-electron chi connectivity index (χ2n) is 5.24. The maximum absolute atomic E-state index is 6.31. The van der Waals surface area contributed by atoms with Crippen molar-refractivity contribution in [2.45, 2.75) is 38.3 Å². The van der Waals surface area contributed by atoms with E-state index in [1.54, 1.807) is 7.11 Å². The third-order valence-electron chi connectivity index (χ3n) is 3.19. The average Bonchev–Trinajstić information content (AvgIpc) is 2.69. The maximum atomic E-state index is 6.31. The number of imidazole rings is 1. The lowest BCUT2D eigenvalue weighted by atomic mass is 10.1. The van der Waals surface area contributed by atoms with Crippen LogP contribution in [0.25, 0.3) is 11.0 Å². The number of fused-ring (bicyclic) bond motifs is 1. The van der Waals surface area contributed by atoms with Crippen molar-refractivity contribution in [3.8, 4) is 0 Å². The van der Waals surface area contributed by atoms with Crippen molar-refractivity contribution < 1.29 is 4.74 Å². The fourth-order valence-electron chi connectivity index (χ4n) is 2.07. The predicted octanol–water partition coefficient (Wildman–Crippen LogP) is 4.41. The van der Waals surface area contributed by atoms with Gasteiger partial charge in [-0.3, -0.25) is 0 Å². The summed E-state index contributed by atoms with van der Waals surface area (Å²) >= 11 is 12.5. The van der Waals surface area contributed by atoms with Crippen LogP contribution < -0.4 is 0 Å². The van der Waals surface area contributed by atoms with Crippen LogP contribution in [-0.2, 0) is 11.3 Å². The van der Waals surface area contributed by atoms with Gasteiger partial charge in [-0.1, -0.05) is 17.7 Å². The van der Waals surface area contributed by atoms with E-state index < -0.39 is 0 Å². The topological polar surface area (TPSA) is 27.1 Å². The molecule has 1 atom stereocenters. The highest BCUT2D eigenvalue weighted by Gasteiger charge is 2.24. The van der Waals surface area contributed by atoms with E-state index in [2.05, 4.69) is 9.55 Å². The van der Waals surface area contributed by atoms with Crippen LogP contribution in [0.5, 0.6) is 0 Å².